The number of hydrogen-bond donors (Lipinski definition) is 1. The molecule has 0 spiro atoms. The first-order valence-electron chi connectivity index (χ1n) is 7.71. The number of aryl methyl sites for hydroxylation is 2. The van der Waals surface area contributed by atoms with E-state index in [1.165, 1.54) is 12.7 Å². The highest BCUT2D eigenvalue weighted by molar-refractivity contribution is 5.85. The number of rotatable bonds is 6. The van der Waals surface area contributed by atoms with Crippen LogP contribution >= 0.6 is 0 Å². The Morgan fingerprint density at radius 1 is 1.35 bits per heavy atom. The summed E-state index contributed by atoms with van der Waals surface area (Å²) < 4.78 is 6.53. The van der Waals surface area contributed by atoms with Gasteiger partial charge in [0.25, 0.3) is 0 Å². The third kappa shape index (κ3) is 4.09. The monoisotopic (exact) mass is 317 g/mol. The quantitative estimate of drug-likeness (QED) is 0.828. The highest BCUT2D eigenvalue weighted by Gasteiger charge is 2.24. The van der Waals surface area contributed by atoms with Gasteiger partial charge in [0.1, 0.15) is 6.04 Å². The number of esters is 1. The lowest BCUT2D eigenvalue weighted by Crippen LogP contribution is -2.45. The molecule has 1 unspecified atom stereocenters. The van der Waals surface area contributed by atoms with E-state index in [1.807, 2.05) is 32.9 Å². The summed E-state index contributed by atoms with van der Waals surface area (Å²) in [5.41, 5.74) is 2.17. The first kappa shape index (κ1) is 17.0. The summed E-state index contributed by atoms with van der Waals surface area (Å²) in [5, 5.41) is 8.11. The fraction of sp³-hybridized carbons (Fsp3) is 0.471. The second-order valence-corrected chi connectivity index (χ2v) is 5.99. The minimum atomic E-state index is -0.621. The van der Waals surface area contributed by atoms with Crippen LogP contribution in [-0.4, -0.2) is 34.8 Å². The van der Waals surface area contributed by atoms with E-state index >= 15 is 0 Å². The molecule has 0 bridgehead atoms. The van der Waals surface area contributed by atoms with Crippen LogP contribution < -0.4 is 5.32 Å². The maximum Gasteiger partial charge on any atom is 0.328 e. The molecule has 1 heterocycles. The average Bonchev–Trinajstić information content (AvgIpc) is 2.91. The molecule has 6 nitrogen and oxygen atoms in total. The molecule has 2 rings (SSSR count). The molecule has 0 fully saturated rings. The van der Waals surface area contributed by atoms with Crippen molar-refractivity contribution in [2.45, 2.75) is 39.8 Å². The maximum atomic E-state index is 12.1. The van der Waals surface area contributed by atoms with Crippen LogP contribution in [0.1, 0.15) is 25.8 Å². The molecule has 0 saturated carbocycles. The van der Waals surface area contributed by atoms with Crippen molar-refractivity contribution in [2.24, 2.45) is 5.92 Å². The molecule has 1 N–H and O–H groups in total. The molecular formula is C17H23N3O3. The minimum absolute atomic E-state index is 0.0279. The second kappa shape index (κ2) is 7.26. The Hall–Kier alpha value is -2.37. The number of carbonyl (C=O) groups is 2. The second-order valence-electron chi connectivity index (χ2n) is 5.99. The standard InChI is InChI=1S/C17H23N3O3/c1-11(2)16(17(22)23-4)19-15(21)7-8-20-14-6-5-12(3)9-13(14)10-18-20/h5-6,9-11,16H,7-8H2,1-4H3,(H,19,21). The lowest BCUT2D eigenvalue weighted by Gasteiger charge is -2.19. The minimum Gasteiger partial charge on any atom is -0.467 e. The Morgan fingerprint density at radius 2 is 2.09 bits per heavy atom. The number of carbonyl (C=O) groups excluding carboxylic acids is 2. The Morgan fingerprint density at radius 3 is 2.74 bits per heavy atom. The van der Waals surface area contributed by atoms with E-state index in [4.69, 9.17) is 4.74 Å². The van der Waals surface area contributed by atoms with Gasteiger partial charge in [-0.15, -0.1) is 0 Å². The van der Waals surface area contributed by atoms with E-state index in [0.717, 1.165) is 10.9 Å². The number of methoxy groups -OCH3 is 1. The molecule has 0 aliphatic rings. The zero-order valence-electron chi connectivity index (χ0n) is 14.0. The summed E-state index contributed by atoms with van der Waals surface area (Å²) in [6.45, 7) is 6.23. The molecule has 0 radical (unpaired) electrons. The van der Waals surface area contributed by atoms with Crippen LogP contribution in [0.3, 0.4) is 0 Å². The van der Waals surface area contributed by atoms with Crippen LogP contribution in [0, 0.1) is 12.8 Å². The molecule has 6 heteroatoms. The molecule has 1 amide bonds. The summed E-state index contributed by atoms with van der Waals surface area (Å²) in [7, 11) is 1.32. The van der Waals surface area contributed by atoms with Crippen molar-refractivity contribution in [2.75, 3.05) is 7.11 Å². The number of amides is 1. The van der Waals surface area contributed by atoms with Crippen LogP contribution in [0.4, 0.5) is 0 Å². The summed E-state index contributed by atoms with van der Waals surface area (Å²) in [6.07, 6.45) is 2.05. The van der Waals surface area contributed by atoms with Crippen molar-refractivity contribution in [1.82, 2.24) is 15.1 Å². The van der Waals surface area contributed by atoms with Crippen molar-refractivity contribution in [3.05, 3.63) is 30.0 Å². The topological polar surface area (TPSA) is 73.2 Å². The van der Waals surface area contributed by atoms with E-state index in [0.29, 0.717) is 6.54 Å². The summed E-state index contributed by atoms with van der Waals surface area (Å²) in [6, 6.07) is 5.46. The zero-order valence-corrected chi connectivity index (χ0v) is 14.0. The number of hydrogen-bond acceptors (Lipinski definition) is 4. The molecule has 124 valence electrons. The Labute approximate surface area is 135 Å². The highest BCUT2D eigenvalue weighted by Crippen LogP contribution is 2.15. The molecule has 2 aromatic rings. The first-order valence-corrected chi connectivity index (χ1v) is 7.71. The van der Waals surface area contributed by atoms with Gasteiger partial charge >= 0.3 is 5.97 Å². The molecule has 0 saturated heterocycles. The predicted molar refractivity (Wildman–Crippen MR) is 87.9 cm³/mol. The third-order valence-electron chi connectivity index (χ3n) is 3.79. The Balaban J connectivity index is 1.99. The van der Waals surface area contributed by atoms with Gasteiger partial charge in [0.05, 0.1) is 25.4 Å². The Bertz CT molecular complexity index is 706. The highest BCUT2D eigenvalue weighted by atomic mass is 16.5. The van der Waals surface area contributed by atoms with Gasteiger partial charge < -0.3 is 10.1 Å². The largest absolute Gasteiger partial charge is 0.467 e. The number of aromatic nitrogens is 2. The van der Waals surface area contributed by atoms with Gasteiger partial charge in [-0.3, -0.25) is 9.48 Å². The van der Waals surface area contributed by atoms with Crippen LogP contribution in [0.2, 0.25) is 0 Å². The van der Waals surface area contributed by atoms with Crippen molar-refractivity contribution in [1.29, 1.82) is 0 Å². The van der Waals surface area contributed by atoms with Gasteiger partial charge in [-0.25, -0.2) is 4.79 Å². The SMILES string of the molecule is COC(=O)C(NC(=O)CCn1ncc2cc(C)ccc21)C(C)C. The van der Waals surface area contributed by atoms with Crippen molar-refractivity contribution < 1.29 is 14.3 Å². The molecule has 1 atom stereocenters. The normalized spacial score (nSPS) is 12.4. The van der Waals surface area contributed by atoms with Gasteiger partial charge in [0.15, 0.2) is 0 Å². The van der Waals surface area contributed by atoms with E-state index in [9.17, 15) is 9.59 Å². The third-order valence-corrected chi connectivity index (χ3v) is 3.79. The molecule has 1 aromatic heterocycles. The van der Waals surface area contributed by atoms with Crippen molar-refractivity contribution >= 4 is 22.8 Å². The van der Waals surface area contributed by atoms with Crippen LogP contribution in [0.5, 0.6) is 0 Å². The van der Waals surface area contributed by atoms with Gasteiger partial charge in [0.2, 0.25) is 5.91 Å². The number of nitrogens with zero attached hydrogens (tertiary/aromatic N) is 2. The first-order chi connectivity index (χ1) is 10.9. The fourth-order valence-corrected chi connectivity index (χ4v) is 2.46. The van der Waals surface area contributed by atoms with Gasteiger partial charge in [-0.05, 0) is 25.0 Å². The summed E-state index contributed by atoms with van der Waals surface area (Å²) in [4.78, 5) is 23.8. The van der Waals surface area contributed by atoms with Crippen molar-refractivity contribution in [3.63, 3.8) is 0 Å². The van der Waals surface area contributed by atoms with E-state index < -0.39 is 12.0 Å². The van der Waals surface area contributed by atoms with Gasteiger partial charge in [-0.2, -0.15) is 5.10 Å². The number of fused-ring (bicyclic) bond motifs is 1. The van der Waals surface area contributed by atoms with Gasteiger partial charge in [0, 0.05) is 11.8 Å². The average molecular weight is 317 g/mol. The number of nitrogens with one attached hydrogen (secondary N) is 1. The molecule has 1 aromatic carbocycles. The lowest BCUT2D eigenvalue weighted by molar-refractivity contribution is -0.146. The zero-order chi connectivity index (χ0) is 17.0. The van der Waals surface area contributed by atoms with Gasteiger partial charge in [-0.1, -0.05) is 25.5 Å². The van der Waals surface area contributed by atoms with Crippen LogP contribution in [-0.2, 0) is 20.9 Å². The summed E-state index contributed by atoms with van der Waals surface area (Å²) in [5.74, 6) is -0.641. The Kier molecular flexibility index (Phi) is 5.36. The van der Waals surface area contributed by atoms with Crippen LogP contribution in [0.15, 0.2) is 24.4 Å². The summed E-state index contributed by atoms with van der Waals surface area (Å²) >= 11 is 0. The predicted octanol–water partition coefficient (Wildman–Crippen LogP) is 2.05. The number of ether oxygens (including phenoxy) is 1. The molecule has 23 heavy (non-hydrogen) atoms. The molecule has 0 aliphatic heterocycles. The van der Waals surface area contributed by atoms with E-state index in [2.05, 4.69) is 16.5 Å². The fourth-order valence-electron chi connectivity index (χ4n) is 2.46. The van der Waals surface area contributed by atoms with Crippen molar-refractivity contribution in [3.8, 4) is 0 Å². The molecular weight excluding hydrogens is 294 g/mol. The van der Waals surface area contributed by atoms with E-state index in [-0.39, 0.29) is 18.2 Å². The van der Waals surface area contributed by atoms with E-state index in [1.54, 1.807) is 10.9 Å². The van der Waals surface area contributed by atoms with Crippen LogP contribution in [0.25, 0.3) is 10.9 Å². The smallest absolute Gasteiger partial charge is 0.328 e. The molecule has 0 aliphatic carbocycles. The number of benzene rings is 1. The lowest BCUT2D eigenvalue weighted by atomic mass is 10.0. The maximum absolute atomic E-state index is 12.1.